The van der Waals surface area contributed by atoms with Gasteiger partial charge in [0, 0.05) is 18.3 Å². The van der Waals surface area contributed by atoms with E-state index in [1.54, 1.807) is 0 Å². The van der Waals surface area contributed by atoms with Crippen LogP contribution in [0.2, 0.25) is 0 Å². The number of amides is 1. The lowest BCUT2D eigenvalue weighted by Gasteiger charge is -2.27. The molecule has 19 heavy (non-hydrogen) atoms. The SMILES string of the molecule is CC(CN(C)C)NC(=O)C(C)(C)c1ccc(N)cc1. The second kappa shape index (κ2) is 6.06. The molecule has 1 amide bonds. The van der Waals surface area contributed by atoms with Gasteiger partial charge in [0.2, 0.25) is 5.91 Å². The molecule has 0 saturated carbocycles. The Kier molecular flexibility index (Phi) is 4.95. The number of rotatable bonds is 5. The molecule has 0 aromatic heterocycles. The van der Waals surface area contributed by atoms with Crippen molar-refractivity contribution in [3.8, 4) is 0 Å². The van der Waals surface area contributed by atoms with E-state index in [1.807, 2.05) is 59.1 Å². The van der Waals surface area contributed by atoms with Gasteiger partial charge < -0.3 is 16.0 Å². The fourth-order valence-electron chi connectivity index (χ4n) is 2.03. The molecule has 1 aromatic rings. The predicted octanol–water partition coefficient (Wildman–Crippen LogP) is 1.61. The van der Waals surface area contributed by atoms with Gasteiger partial charge in [-0.3, -0.25) is 4.79 Å². The average Bonchev–Trinajstić information content (AvgIpc) is 2.28. The molecule has 0 aliphatic heterocycles. The number of carbonyl (C=O) groups is 1. The number of nitrogen functional groups attached to an aromatic ring is 1. The number of nitrogens with one attached hydrogen (secondary N) is 1. The Balaban J connectivity index is 2.76. The molecular formula is C15H25N3O. The first-order valence-corrected chi connectivity index (χ1v) is 6.55. The maximum atomic E-state index is 12.4. The highest BCUT2D eigenvalue weighted by Gasteiger charge is 2.30. The Bertz CT molecular complexity index is 424. The van der Waals surface area contributed by atoms with Crippen LogP contribution in [0.15, 0.2) is 24.3 Å². The zero-order chi connectivity index (χ0) is 14.6. The molecule has 0 spiro atoms. The highest BCUT2D eigenvalue weighted by molar-refractivity contribution is 5.87. The van der Waals surface area contributed by atoms with E-state index < -0.39 is 5.41 Å². The molecule has 4 nitrogen and oxygen atoms in total. The molecule has 1 rings (SSSR count). The zero-order valence-corrected chi connectivity index (χ0v) is 12.5. The molecule has 4 heteroatoms. The molecule has 1 aromatic carbocycles. The molecule has 3 N–H and O–H groups in total. The Morgan fingerprint density at radius 3 is 2.32 bits per heavy atom. The summed E-state index contributed by atoms with van der Waals surface area (Å²) < 4.78 is 0. The molecule has 0 heterocycles. The van der Waals surface area contributed by atoms with E-state index in [1.165, 1.54) is 0 Å². The molecule has 1 atom stereocenters. The van der Waals surface area contributed by atoms with Crippen molar-refractivity contribution in [2.45, 2.75) is 32.2 Å². The molecule has 0 aliphatic carbocycles. The number of nitrogens with two attached hydrogens (primary N) is 1. The highest BCUT2D eigenvalue weighted by atomic mass is 16.2. The number of hydrogen-bond donors (Lipinski definition) is 2. The van der Waals surface area contributed by atoms with Crippen LogP contribution in [0.3, 0.4) is 0 Å². The van der Waals surface area contributed by atoms with Crippen LogP contribution in [0.4, 0.5) is 5.69 Å². The van der Waals surface area contributed by atoms with Gasteiger partial charge in [-0.15, -0.1) is 0 Å². The second-order valence-corrected chi connectivity index (χ2v) is 5.88. The topological polar surface area (TPSA) is 58.4 Å². The third kappa shape index (κ3) is 4.24. The fraction of sp³-hybridized carbons (Fsp3) is 0.533. The monoisotopic (exact) mass is 263 g/mol. The molecule has 0 aliphatic rings. The molecule has 0 radical (unpaired) electrons. The van der Waals surface area contributed by atoms with Crippen LogP contribution >= 0.6 is 0 Å². The number of likely N-dealkylation sites (N-methyl/N-ethyl adjacent to an activating group) is 1. The van der Waals surface area contributed by atoms with Gasteiger partial charge in [0.1, 0.15) is 0 Å². The van der Waals surface area contributed by atoms with Gasteiger partial charge in [-0.05, 0) is 52.6 Å². The van der Waals surface area contributed by atoms with Crippen LogP contribution in [-0.2, 0) is 10.2 Å². The number of anilines is 1. The van der Waals surface area contributed by atoms with E-state index >= 15 is 0 Å². The normalized spacial score (nSPS) is 13.4. The van der Waals surface area contributed by atoms with E-state index in [9.17, 15) is 4.79 Å². The van der Waals surface area contributed by atoms with Crippen molar-refractivity contribution in [1.82, 2.24) is 10.2 Å². The summed E-state index contributed by atoms with van der Waals surface area (Å²) in [6, 6.07) is 7.59. The third-order valence-corrected chi connectivity index (χ3v) is 3.22. The number of carbonyl (C=O) groups excluding carboxylic acids is 1. The highest BCUT2D eigenvalue weighted by Crippen LogP contribution is 2.24. The average molecular weight is 263 g/mol. The number of hydrogen-bond acceptors (Lipinski definition) is 3. The predicted molar refractivity (Wildman–Crippen MR) is 80.0 cm³/mol. The maximum Gasteiger partial charge on any atom is 0.230 e. The van der Waals surface area contributed by atoms with Crippen molar-refractivity contribution in [3.63, 3.8) is 0 Å². The van der Waals surface area contributed by atoms with Crippen molar-refractivity contribution < 1.29 is 4.79 Å². The van der Waals surface area contributed by atoms with Crippen molar-refractivity contribution in [2.75, 3.05) is 26.4 Å². The van der Waals surface area contributed by atoms with Crippen LogP contribution in [0.1, 0.15) is 26.3 Å². The smallest absolute Gasteiger partial charge is 0.230 e. The maximum absolute atomic E-state index is 12.4. The van der Waals surface area contributed by atoms with Crippen molar-refractivity contribution in [2.24, 2.45) is 0 Å². The van der Waals surface area contributed by atoms with Gasteiger partial charge in [-0.25, -0.2) is 0 Å². The van der Waals surface area contributed by atoms with E-state index in [-0.39, 0.29) is 11.9 Å². The minimum atomic E-state index is -0.561. The van der Waals surface area contributed by atoms with E-state index in [2.05, 4.69) is 10.2 Å². The van der Waals surface area contributed by atoms with Crippen LogP contribution < -0.4 is 11.1 Å². The second-order valence-electron chi connectivity index (χ2n) is 5.88. The standard InChI is InChI=1S/C15H25N3O/c1-11(10-18(4)5)17-14(19)15(2,3)12-6-8-13(16)9-7-12/h6-9,11H,10,16H2,1-5H3,(H,17,19). The van der Waals surface area contributed by atoms with Gasteiger partial charge >= 0.3 is 0 Å². The van der Waals surface area contributed by atoms with E-state index in [0.717, 1.165) is 12.1 Å². The van der Waals surface area contributed by atoms with Crippen LogP contribution in [0.25, 0.3) is 0 Å². The van der Waals surface area contributed by atoms with Gasteiger partial charge in [0.15, 0.2) is 0 Å². The summed E-state index contributed by atoms with van der Waals surface area (Å²) >= 11 is 0. The van der Waals surface area contributed by atoms with Gasteiger partial charge in [-0.2, -0.15) is 0 Å². The summed E-state index contributed by atoms with van der Waals surface area (Å²) in [6.45, 7) is 6.69. The van der Waals surface area contributed by atoms with Crippen molar-refractivity contribution >= 4 is 11.6 Å². The lowest BCUT2D eigenvalue weighted by molar-refractivity contribution is -0.126. The molecule has 0 bridgehead atoms. The van der Waals surface area contributed by atoms with Crippen LogP contribution in [0.5, 0.6) is 0 Å². The lowest BCUT2D eigenvalue weighted by atomic mass is 9.83. The zero-order valence-electron chi connectivity index (χ0n) is 12.5. The number of nitrogens with zero attached hydrogens (tertiary/aromatic N) is 1. The largest absolute Gasteiger partial charge is 0.399 e. The first-order valence-electron chi connectivity index (χ1n) is 6.55. The van der Waals surface area contributed by atoms with Crippen LogP contribution in [0, 0.1) is 0 Å². The first-order chi connectivity index (χ1) is 8.73. The number of benzene rings is 1. The summed E-state index contributed by atoms with van der Waals surface area (Å²) in [7, 11) is 3.99. The molecular weight excluding hydrogens is 238 g/mol. The Morgan fingerprint density at radius 2 is 1.84 bits per heavy atom. The van der Waals surface area contributed by atoms with Crippen molar-refractivity contribution in [1.29, 1.82) is 0 Å². The van der Waals surface area contributed by atoms with Crippen LogP contribution in [-0.4, -0.2) is 37.5 Å². The molecule has 1 unspecified atom stereocenters. The summed E-state index contributed by atoms with van der Waals surface area (Å²) in [4.78, 5) is 14.4. The quantitative estimate of drug-likeness (QED) is 0.794. The van der Waals surface area contributed by atoms with Gasteiger partial charge in [-0.1, -0.05) is 12.1 Å². The summed E-state index contributed by atoms with van der Waals surface area (Å²) in [5.74, 6) is 0.0339. The summed E-state index contributed by atoms with van der Waals surface area (Å²) in [5, 5.41) is 3.05. The third-order valence-electron chi connectivity index (χ3n) is 3.22. The van der Waals surface area contributed by atoms with Crippen molar-refractivity contribution in [3.05, 3.63) is 29.8 Å². The van der Waals surface area contributed by atoms with E-state index in [4.69, 9.17) is 5.73 Å². The molecule has 106 valence electrons. The first kappa shape index (κ1) is 15.5. The Labute approximate surface area is 116 Å². The summed E-state index contributed by atoms with van der Waals surface area (Å²) in [5.41, 5.74) is 6.79. The van der Waals surface area contributed by atoms with Gasteiger partial charge in [0.25, 0.3) is 0 Å². The van der Waals surface area contributed by atoms with E-state index in [0.29, 0.717) is 5.69 Å². The Morgan fingerprint density at radius 1 is 1.32 bits per heavy atom. The molecule has 0 saturated heterocycles. The minimum Gasteiger partial charge on any atom is -0.399 e. The lowest BCUT2D eigenvalue weighted by Crippen LogP contribution is -2.47. The fourth-order valence-corrected chi connectivity index (χ4v) is 2.03. The summed E-state index contributed by atoms with van der Waals surface area (Å²) in [6.07, 6.45) is 0. The Hall–Kier alpha value is -1.55. The van der Waals surface area contributed by atoms with Gasteiger partial charge in [0.05, 0.1) is 5.41 Å². The molecule has 0 fully saturated rings. The minimum absolute atomic E-state index is 0.0339.